The van der Waals surface area contributed by atoms with Gasteiger partial charge in [-0.15, -0.1) is 0 Å². The SMILES string of the molecule is CCOC(=O)c1ccc(NC2CCN(c3ncc(-c4cccc(CCC(=O)CC(=N)N)c4)cn3)CC2)cc1. The van der Waals surface area contributed by atoms with Gasteiger partial charge in [0.15, 0.2) is 0 Å². The number of aryl methyl sites for hydroxylation is 1. The fraction of sp³-hybridized carbons (Fsp3) is 0.345. The summed E-state index contributed by atoms with van der Waals surface area (Å²) in [7, 11) is 0. The second kappa shape index (κ2) is 12.8. The van der Waals surface area contributed by atoms with Crippen molar-refractivity contribution < 1.29 is 14.3 Å². The summed E-state index contributed by atoms with van der Waals surface area (Å²) in [5.74, 6) is 0.297. The minimum atomic E-state index is -0.302. The molecule has 0 saturated carbocycles. The number of aromatic nitrogens is 2. The van der Waals surface area contributed by atoms with Crippen molar-refractivity contribution in [1.29, 1.82) is 5.41 Å². The van der Waals surface area contributed by atoms with Crippen LogP contribution in [-0.2, 0) is 16.0 Å². The van der Waals surface area contributed by atoms with Crippen LogP contribution in [0.1, 0.15) is 48.5 Å². The van der Waals surface area contributed by atoms with Crippen molar-refractivity contribution in [3.8, 4) is 11.1 Å². The Morgan fingerprint density at radius 3 is 2.45 bits per heavy atom. The lowest BCUT2D eigenvalue weighted by molar-refractivity contribution is -0.117. The zero-order valence-corrected chi connectivity index (χ0v) is 21.7. The van der Waals surface area contributed by atoms with Crippen LogP contribution in [0.15, 0.2) is 60.9 Å². The summed E-state index contributed by atoms with van der Waals surface area (Å²) in [4.78, 5) is 35.1. The smallest absolute Gasteiger partial charge is 0.338 e. The Balaban J connectivity index is 1.28. The van der Waals surface area contributed by atoms with E-state index in [2.05, 4.69) is 26.3 Å². The number of amidine groups is 1. The van der Waals surface area contributed by atoms with Gasteiger partial charge in [-0.1, -0.05) is 24.3 Å². The van der Waals surface area contributed by atoms with E-state index in [0.717, 1.165) is 54.3 Å². The Kier molecular flexibility index (Phi) is 9.02. The summed E-state index contributed by atoms with van der Waals surface area (Å²) < 4.78 is 5.04. The average Bonchev–Trinajstić information content (AvgIpc) is 2.93. The van der Waals surface area contributed by atoms with Crippen LogP contribution in [0.5, 0.6) is 0 Å². The number of ether oxygens (including phenoxy) is 1. The van der Waals surface area contributed by atoms with Crippen molar-refractivity contribution in [1.82, 2.24) is 9.97 Å². The number of anilines is 2. The quantitative estimate of drug-likeness (QED) is 0.197. The zero-order chi connectivity index (χ0) is 26.9. The van der Waals surface area contributed by atoms with E-state index in [1.165, 1.54) is 0 Å². The van der Waals surface area contributed by atoms with E-state index in [1.54, 1.807) is 19.1 Å². The molecule has 4 N–H and O–H groups in total. The van der Waals surface area contributed by atoms with Crippen LogP contribution in [0.3, 0.4) is 0 Å². The lowest BCUT2D eigenvalue weighted by Crippen LogP contribution is -2.39. The Labute approximate surface area is 222 Å². The first-order valence-corrected chi connectivity index (χ1v) is 13.0. The number of hydrogen-bond donors (Lipinski definition) is 3. The molecule has 0 radical (unpaired) electrons. The van der Waals surface area contributed by atoms with Crippen LogP contribution in [-0.4, -0.2) is 53.3 Å². The molecule has 1 fully saturated rings. The predicted molar refractivity (Wildman–Crippen MR) is 149 cm³/mol. The third-order valence-electron chi connectivity index (χ3n) is 6.52. The van der Waals surface area contributed by atoms with Gasteiger partial charge in [-0.25, -0.2) is 14.8 Å². The lowest BCUT2D eigenvalue weighted by Gasteiger charge is -2.32. The summed E-state index contributed by atoms with van der Waals surface area (Å²) in [6.45, 7) is 3.86. The van der Waals surface area contributed by atoms with Crippen molar-refractivity contribution in [3.05, 3.63) is 72.1 Å². The largest absolute Gasteiger partial charge is 0.462 e. The molecule has 1 aliphatic heterocycles. The highest BCUT2D eigenvalue weighted by Gasteiger charge is 2.21. The van der Waals surface area contributed by atoms with E-state index in [4.69, 9.17) is 15.9 Å². The van der Waals surface area contributed by atoms with Gasteiger partial charge in [0.2, 0.25) is 5.95 Å². The molecular weight excluding hydrogens is 480 g/mol. The second-order valence-electron chi connectivity index (χ2n) is 9.42. The summed E-state index contributed by atoms with van der Waals surface area (Å²) >= 11 is 0. The maximum absolute atomic E-state index is 11.9. The monoisotopic (exact) mass is 514 g/mol. The van der Waals surface area contributed by atoms with Gasteiger partial charge in [0.25, 0.3) is 0 Å². The molecule has 9 nitrogen and oxygen atoms in total. The van der Waals surface area contributed by atoms with Crippen molar-refractivity contribution in [2.45, 2.75) is 45.1 Å². The number of carbonyl (C=O) groups excluding carboxylic acids is 2. The molecule has 3 aromatic rings. The van der Waals surface area contributed by atoms with Crippen LogP contribution in [0.25, 0.3) is 11.1 Å². The minimum absolute atomic E-state index is 0.00647. The number of piperidine rings is 1. The molecule has 0 aliphatic carbocycles. The van der Waals surface area contributed by atoms with Gasteiger partial charge in [-0.05, 0) is 61.6 Å². The molecule has 38 heavy (non-hydrogen) atoms. The number of nitrogens with zero attached hydrogens (tertiary/aromatic N) is 3. The summed E-state index contributed by atoms with van der Waals surface area (Å²) in [5.41, 5.74) is 9.84. The molecular formula is C29H34N6O3. The molecule has 0 atom stereocenters. The van der Waals surface area contributed by atoms with Gasteiger partial charge in [-0.3, -0.25) is 10.2 Å². The first-order chi connectivity index (χ1) is 18.4. The molecule has 1 aromatic heterocycles. The van der Waals surface area contributed by atoms with Gasteiger partial charge >= 0.3 is 5.97 Å². The summed E-state index contributed by atoms with van der Waals surface area (Å²) in [6.07, 6.45) is 6.58. The third-order valence-corrected chi connectivity index (χ3v) is 6.52. The maximum atomic E-state index is 11.9. The molecule has 9 heteroatoms. The Morgan fingerprint density at radius 2 is 1.79 bits per heavy atom. The molecule has 2 heterocycles. The molecule has 1 aliphatic rings. The Hall–Kier alpha value is -4.27. The van der Waals surface area contributed by atoms with E-state index in [1.807, 2.05) is 42.7 Å². The van der Waals surface area contributed by atoms with Crippen molar-refractivity contribution in [3.63, 3.8) is 0 Å². The highest BCUT2D eigenvalue weighted by molar-refractivity contribution is 5.98. The molecule has 0 bridgehead atoms. The van der Waals surface area contributed by atoms with E-state index in [-0.39, 0.29) is 24.0 Å². The van der Waals surface area contributed by atoms with Crippen molar-refractivity contribution in [2.24, 2.45) is 5.73 Å². The van der Waals surface area contributed by atoms with Gasteiger partial charge < -0.3 is 20.7 Å². The topological polar surface area (TPSA) is 134 Å². The van der Waals surface area contributed by atoms with Gasteiger partial charge in [0, 0.05) is 49.2 Å². The molecule has 4 rings (SSSR count). The highest BCUT2D eigenvalue weighted by Crippen LogP contribution is 2.23. The molecule has 0 spiro atoms. The first kappa shape index (κ1) is 26.8. The molecule has 0 amide bonds. The van der Waals surface area contributed by atoms with Crippen molar-refractivity contribution >= 4 is 29.2 Å². The number of benzene rings is 2. The number of rotatable bonds is 11. The molecule has 198 valence electrons. The normalized spacial score (nSPS) is 13.7. The first-order valence-electron chi connectivity index (χ1n) is 13.0. The van der Waals surface area contributed by atoms with E-state index >= 15 is 0 Å². The van der Waals surface area contributed by atoms with Gasteiger partial charge in [-0.2, -0.15) is 0 Å². The third kappa shape index (κ3) is 7.38. The van der Waals surface area contributed by atoms with Crippen LogP contribution in [0, 0.1) is 5.41 Å². The number of nitrogens with two attached hydrogens (primary N) is 1. The number of nitrogens with one attached hydrogen (secondary N) is 2. The van der Waals surface area contributed by atoms with Crippen LogP contribution in [0.2, 0.25) is 0 Å². The lowest BCUT2D eigenvalue weighted by atomic mass is 10.0. The second-order valence-corrected chi connectivity index (χ2v) is 9.42. The summed E-state index contributed by atoms with van der Waals surface area (Å²) in [6, 6.07) is 15.8. The number of esters is 1. The number of Topliss-reactive ketones (excluding diaryl/α,β-unsaturated/α-hetero) is 1. The van der Waals surface area contributed by atoms with E-state index in [9.17, 15) is 9.59 Å². The fourth-order valence-electron chi connectivity index (χ4n) is 4.50. The zero-order valence-electron chi connectivity index (χ0n) is 21.7. The summed E-state index contributed by atoms with van der Waals surface area (Å²) in [5, 5.41) is 10.8. The van der Waals surface area contributed by atoms with Crippen LogP contribution < -0.4 is 16.0 Å². The highest BCUT2D eigenvalue weighted by atomic mass is 16.5. The number of hydrogen-bond acceptors (Lipinski definition) is 8. The van der Waals surface area contributed by atoms with Crippen molar-refractivity contribution in [2.75, 3.05) is 29.9 Å². The Bertz CT molecular complexity index is 1250. The number of ketones is 1. The minimum Gasteiger partial charge on any atom is -0.462 e. The van der Waals surface area contributed by atoms with Crippen LogP contribution in [0.4, 0.5) is 11.6 Å². The maximum Gasteiger partial charge on any atom is 0.338 e. The molecule has 2 aromatic carbocycles. The molecule has 0 unspecified atom stereocenters. The van der Waals surface area contributed by atoms with E-state index in [0.29, 0.717) is 31.1 Å². The van der Waals surface area contributed by atoms with Gasteiger partial charge in [0.1, 0.15) is 5.78 Å². The number of carbonyl (C=O) groups is 2. The van der Waals surface area contributed by atoms with E-state index < -0.39 is 0 Å². The average molecular weight is 515 g/mol. The van der Waals surface area contributed by atoms with Gasteiger partial charge in [0.05, 0.1) is 24.4 Å². The predicted octanol–water partition coefficient (Wildman–Crippen LogP) is 4.23. The Morgan fingerprint density at radius 1 is 1.08 bits per heavy atom. The standard InChI is InChI=1S/C29H34N6O3/c1-2-38-28(37)21-7-9-24(10-8-21)34-25-12-14-35(15-13-25)29-32-18-23(19-33-29)22-5-3-4-20(16-22)6-11-26(36)17-27(30)31/h3-5,7-10,16,18-19,25,34H,2,6,11-15,17H2,1H3,(H3,30,31). The fourth-order valence-corrected chi connectivity index (χ4v) is 4.50. The molecule has 1 saturated heterocycles. The van der Waals surface area contributed by atoms with Crippen LogP contribution >= 0.6 is 0 Å².